The van der Waals surface area contributed by atoms with Crippen molar-refractivity contribution >= 4 is 11.9 Å². The predicted molar refractivity (Wildman–Crippen MR) is 65.0 cm³/mol. The lowest BCUT2D eigenvalue weighted by atomic mass is 9.81. The van der Waals surface area contributed by atoms with E-state index in [-0.39, 0.29) is 17.7 Å². The largest absolute Gasteiger partial charge is 0.481 e. The number of amides is 1. The molecule has 1 saturated carbocycles. The zero-order valence-corrected chi connectivity index (χ0v) is 11.0. The van der Waals surface area contributed by atoms with Crippen LogP contribution in [0.25, 0.3) is 0 Å². The van der Waals surface area contributed by atoms with E-state index in [9.17, 15) is 14.7 Å². The molecule has 1 amide bonds. The smallest absolute Gasteiger partial charge is 0.311 e. The number of carbonyl (C=O) groups excluding carboxylic acids is 1. The molecule has 18 heavy (non-hydrogen) atoms. The quantitative estimate of drug-likeness (QED) is 0.813. The number of carboxylic acids is 1. The fourth-order valence-electron chi connectivity index (χ4n) is 3.44. The van der Waals surface area contributed by atoms with Crippen molar-refractivity contribution in [2.45, 2.75) is 26.2 Å². The van der Waals surface area contributed by atoms with Crippen molar-refractivity contribution in [3.63, 3.8) is 0 Å². The SMILES string of the molecule is COCC(C)C(=O)N1C[C@@H]2CCC[C@@]2(C(=O)O)C1. The Balaban J connectivity index is 2.07. The van der Waals surface area contributed by atoms with E-state index in [1.54, 1.807) is 12.0 Å². The van der Waals surface area contributed by atoms with Gasteiger partial charge in [-0.3, -0.25) is 9.59 Å². The second kappa shape index (κ2) is 4.88. The number of methoxy groups -OCH3 is 1. The first-order chi connectivity index (χ1) is 8.51. The number of hydrogen-bond donors (Lipinski definition) is 1. The molecule has 0 aromatic rings. The van der Waals surface area contributed by atoms with Gasteiger partial charge in [-0.15, -0.1) is 0 Å². The molecule has 1 N–H and O–H groups in total. The molecular weight excluding hydrogens is 234 g/mol. The van der Waals surface area contributed by atoms with Crippen LogP contribution in [0.5, 0.6) is 0 Å². The highest BCUT2D eigenvalue weighted by Crippen LogP contribution is 2.49. The molecule has 0 bridgehead atoms. The van der Waals surface area contributed by atoms with Crippen LogP contribution in [0.2, 0.25) is 0 Å². The highest BCUT2D eigenvalue weighted by molar-refractivity contribution is 5.82. The average molecular weight is 255 g/mol. The van der Waals surface area contributed by atoms with Gasteiger partial charge in [0.15, 0.2) is 0 Å². The van der Waals surface area contributed by atoms with Crippen LogP contribution in [-0.4, -0.2) is 48.7 Å². The van der Waals surface area contributed by atoms with Crippen molar-refractivity contribution in [3.05, 3.63) is 0 Å². The Morgan fingerprint density at radius 2 is 2.28 bits per heavy atom. The Bertz CT molecular complexity index is 357. The van der Waals surface area contributed by atoms with Crippen molar-refractivity contribution in [3.8, 4) is 0 Å². The van der Waals surface area contributed by atoms with E-state index in [0.717, 1.165) is 12.8 Å². The van der Waals surface area contributed by atoms with Gasteiger partial charge in [0.05, 0.1) is 17.9 Å². The van der Waals surface area contributed by atoms with E-state index in [0.29, 0.717) is 26.1 Å². The molecule has 1 aliphatic heterocycles. The van der Waals surface area contributed by atoms with Crippen LogP contribution in [-0.2, 0) is 14.3 Å². The number of fused-ring (bicyclic) bond motifs is 1. The molecule has 3 atom stereocenters. The fourth-order valence-corrected chi connectivity index (χ4v) is 3.44. The first kappa shape index (κ1) is 13.3. The highest BCUT2D eigenvalue weighted by Gasteiger charge is 2.55. The van der Waals surface area contributed by atoms with Gasteiger partial charge in [0, 0.05) is 20.2 Å². The summed E-state index contributed by atoms with van der Waals surface area (Å²) in [6.45, 7) is 3.19. The minimum atomic E-state index is -0.736. The highest BCUT2D eigenvalue weighted by atomic mass is 16.5. The van der Waals surface area contributed by atoms with Crippen molar-refractivity contribution in [2.24, 2.45) is 17.3 Å². The van der Waals surface area contributed by atoms with E-state index in [2.05, 4.69) is 0 Å². The van der Waals surface area contributed by atoms with E-state index in [4.69, 9.17) is 4.74 Å². The lowest BCUT2D eigenvalue weighted by Gasteiger charge is -2.24. The molecule has 1 saturated heterocycles. The monoisotopic (exact) mass is 255 g/mol. The summed E-state index contributed by atoms with van der Waals surface area (Å²) < 4.78 is 4.99. The molecule has 102 valence electrons. The van der Waals surface area contributed by atoms with Crippen LogP contribution in [0, 0.1) is 17.3 Å². The Kier molecular flexibility index (Phi) is 3.61. The average Bonchev–Trinajstić information content (AvgIpc) is 2.85. The van der Waals surface area contributed by atoms with Gasteiger partial charge in [-0.05, 0) is 18.8 Å². The zero-order chi connectivity index (χ0) is 13.3. The number of hydrogen-bond acceptors (Lipinski definition) is 3. The molecule has 0 aromatic heterocycles. The summed E-state index contributed by atoms with van der Waals surface area (Å²) in [4.78, 5) is 25.4. The van der Waals surface area contributed by atoms with E-state index < -0.39 is 11.4 Å². The first-order valence-electron chi connectivity index (χ1n) is 6.52. The molecule has 0 spiro atoms. The number of rotatable bonds is 4. The van der Waals surface area contributed by atoms with Gasteiger partial charge < -0.3 is 14.7 Å². The van der Waals surface area contributed by atoms with Crippen LogP contribution in [0.3, 0.4) is 0 Å². The topological polar surface area (TPSA) is 66.8 Å². The number of ether oxygens (including phenoxy) is 1. The van der Waals surface area contributed by atoms with Gasteiger partial charge in [0.25, 0.3) is 0 Å². The summed E-state index contributed by atoms with van der Waals surface area (Å²) >= 11 is 0. The lowest BCUT2D eigenvalue weighted by molar-refractivity contribution is -0.149. The minimum absolute atomic E-state index is 0.0203. The molecule has 5 heteroatoms. The molecule has 5 nitrogen and oxygen atoms in total. The van der Waals surface area contributed by atoms with Crippen molar-refractivity contribution in [2.75, 3.05) is 26.8 Å². The number of nitrogens with zero attached hydrogens (tertiary/aromatic N) is 1. The zero-order valence-electron chi connectivity index (χ0n) is 11.0. The predicted octanol–water partition coefficient (Wildman–Crippen LogP) is 0.982. The molecule has 1 heterocycles. The Hall–Kier alpha value is -1.10. The third-order valence-corrected chi connectivity index (χ3v) is 4.45. The van der Waals surface area contributed by atoms with Crippen molar-refractivity contribution < 1.29 is 19.4 Å². The second-order valence-electron chi connectivity index (χ2n) is 5.63. The standard InChI is InChI=1S/C13H21NO4/c1-9(7-18-2)11(15)14-6-10-4-3-5-13(10,8-14)12(16)17/h9-10H,3-8H2,1-2H3,(H,16,17)/t9?,10-,13+/m0/s1. The maximum absolute atomic E-state index is 12.2. The molecule has 1 unspecified atom stereocenters. The summed E-state index contributed by atoms with van der Waals surface area (Å²) in [5.41, 5.74) is -0.678. The maximum Gasteiger partial charge on any atom is 0.311 e. The van der Waals surface area contributed by atoms with Crippen molar-refractivity contribution in [1.29, 1.82) is 0 Å². The van der Waals surface area contributed by atoms with Crippen LogP contribution < -0.4 is 0 Å². The first-order valence-corrected chi connectivity index (χ1v) is 6.52. The molecule has 1 aliphatic carbocycles. The van der Waals surface area contributed by atoms with E-state index in [1.165, 1.54) is 0 Å². The summed E-state index contributed by atoms with van der Waals surface area (Å²) in [6, 6.07) is 0. The van der Waals surface area contributed by atoms with Gasteiger partial charge in [0.2, 0.25) is 5.91 Å². The summed E-state index contributed by atoms with van der Waals surface area (Å²) in [7, 11) is 1.57. The normalized spacial score (nSPS) is 32.3. The summed E-state index contributed by atoms with van der Waals surface area (Å²) in [5.74, 6) is -0.778. The molecule has 0 radical (unpaired) electrons. The number of carboxylic acid groups (broad SMARTS) is 1. The molecule has 0 aromatic carbocycles. The number of carbonyl (C=O) groups is 2. The Morgan fingerprint density at radius 3 is 2.83 bits per heavy atom. The number of likely N-dealkylation sites (tertiary alicyclic amines) is 1. The molecule has 2 rings (SSSR count). The van der Waals surface area contributed by atoms with Crippen molar-refractivity contribution in [1.82, 2.24) is 4.90 Å². The van der Waals surface area contributed by atoms with Crippen LogP contribution in [0.4, 0.5) is 0 Å². The summed E-state index contributed by atoms with van der Waals surface area (Å²) in [6.07, 6.45) is 2.59. The third kappa shape index (κ3) is 2.00. The van der Waals surface area contributed by atoms with E-state index in [1.807, 2.05) is 6.92 Å². The van der Waals surface area contributed by atoms with Gasteiger partial charge in [-0.1, -0.05) is 13.3 Å². The van der Waals surface area contributed by atoms with Gasteiger partial charge in [-0.2, -0.15) is 0 Å². The Labute approximate surface area is 107 Å². The molecular formula is C13H21NO4. The van der Waals surface area contributed by atoms with Gasteiger partial charge >= 0.3 is 5.97 Å². The minimum Gasteiger partial charge on any atom is -0.481 e. The molecule has 2 aliphatic rings. The molecule has 2 fully saturated rings. The maximum atomic E-state index is 12.2. The Morgan fingerprint density at radius 1 is 1.56 bits per heavy atom. The van der Waals surface area contributed by atoms with Gasteiger partial charge in [-0.25, -0.2) is 0 Å². The second-order valence-corrected chi connectivity index (χ2v) is 5.63. The van der Waals surface area contributed by atoms with Crippen LogP contribution in [0.15, 0.2) is 0 Å². The fraction of sp³-hybridized carbons (Fsp3) is 0.846. The van der Waals surface area contributed by atoms with Crippen LogP contribution in [0.1, 0.15) is 26.2 Å². The summed E-state index contributed by atoms with van der Waals surface area (Å²) in [5, 5.41) is 9.45. The van der Waals surface area contributed by atoms with E-state index >= 15 is 0 Å². The van der Waals surface area contributed by atoms with Gasteiger partial charge in [0.1, 0.15) is 0 Å². The lowest BCUT2D eigenvalue weighted by Crippen LogP contribution is -2.39. The van der Waals surface area contributed by atoms with Crippen LogP contribution >= 0.6 is 0 Å². The third-order valence-electron chi connectivity index (χ3n) is 4.45. The number of aliphatic carboxylic acids is 1.